The van der Waals surface area contributed by atoms with Crippen molar-refractivity contribution in [3.63, 3.8) is 0 Å². The van der Waals surface area contributed by atoms with E-state index in [0.29, 0.717) is 5.71 Å². The van der Waals surface area contributed by atoms with E-state index in [4.69, 9.17) is 9.40 Å². The van der Waals surface area contributed by atoms with Gasteiger partial charge in [-0.15, -0.1) is 54.1 Å². The van der Waals surface area contributed by atoms with Crippen molar-refractivity contribution in [2.75, 3.05) is 0 Å². The summed E-state index contributed by atoms with van der Waals surface area (Å²) in [6, 6.07) is 28.5. The number of hydrogen-bond donors (Lipinski definition) is 0. The summed E-state index contributed by atoms with van der Waals surface area (Å²) in [7, 11) is 0. The summed E-state index contributed by atoms with van der Waals surface area (Å²) in [5.74, 6) is 0. The molecule has 6 aromatic heterocycles. The summed E-state index contributed by atoms with van der Waals surface area (Å²) >= 11 is 1.71. The summed E-state index contributed by atoms with van der Waals surface area (Å²) in [6.07, 6.45) is 3.70. The SMILES string of the molecule is Cc1ccc(-c2[c-]cccc2)nc1.Cc1ccc2c(n1)oc1c(-c3cc4c(cn3)nc3c(C)c(C)sn34)[c-]ccc12.[Ir]. The number of hydrogen-bond acceptors (Lipinski definition) is 6. The van der Waals surface area contributed by atoms with E-state index in [1.807, 2.05) is 74.8 Å². The third-order valence-corrected chi connectivity index (χ3v) is 8.31. The van der Waals surface area contributed by atoms with Gasteiger partial charge in [0.2, 0.25) is 5.71 Å². The Morgan fingerprint density at radius 2 is 1.67 bits per heavy atom. The second kappa shape index (κ2) is 11.2. The van der Waals surface area contributed by atoms with Crippen LogP contribution in [0.4, 0.5) is 0 Å². The molecule has 0 aliphatic heterocycles. The van der Waals surface area contributed by atoms with Crippen LogP contribution in [0.1, 0.15) is 21.7 Å². The maximum absolute atomic E-state index is 6.12. The molecular formula is C34H25IrN5OS-2. The second-order valence-electron chi connectivity index (χ2n) is 10.1. The predicted octanol–water partition coefficient (Wildman–Crippen LogP) is 8.49. The molecule has 8 aromatic rings. The maximum Gasteiger partial charge on any atom is 0.216 e. The van der Waals surface area contributed by atoms with Gasteiger partial charge in [-0.3, -0.25) is 0 Å². The predicted molar refractivity (Wildman–Crippen MR) is 165 cm³/mol. The smallest absolute Gasteiger partial charge is 0.216 e. The zero-order valence-corrected chi connectivity index (χ0v) is 26.6. The quantitative estimate of drug-likeness (QED) is 0.166. The first-order valence-electron chi connectivity index (χ1n) is 13.3. The average Bonchev–Trinajstić information content (AvgIpc) is 3.63. The number of imidazole rings is 1. The van der Waals surface area contributed by atoms with Crippen molar-refractivity contribution < 1.29 is 24.5 Å². The Morgan fingerprint density at radius 3 is 2.45 bits per heavy atom. The second-order valence-corrected chi connectivity index (χ2v) is 11.2. The van der Waals surface area contributed by atoms with E-state index in [9.17, 15) is 0 Å². The van der Waals surface area contributed by atoms with Crippen LogP contribution in [0.5, 0.6) is 0 Å². The molecule has 0 saturated heterocycles. The minimum absolute atomic E-state index is 0. The molecule has 0 unspecified atom stereocenters. The molecule has 2 aromatic carbocycles. The fourth-order valence-corrected chi connectivity index (χ4v) is 5.88. The van der Waals surface area contributed by atoms with E-state index < -0.39 is 0 Å². The zero-order valence-electron chi connectivity index (χ0n) is 23.4. The topological polar surface area (TPSA) is 69.1 Å². The van der Waals surface area contributed by atoms with Crippen molar-refractivity contribution in [1.82, 2.24) is 23.7 Å². The summed E-state index contributed by atoms with van der Waals surface area (Å²) < 4.78 is 8.30. The van der Waals surface area contributed by atoms with Crippen LogP contribution in [0, 0.1) is 39.8 Å². The Balaban J connectivity index is 0.000000191. The van der Waals surface area contributed by atoms with Gasteiger partial charge < -0.3 is 14.4 Å². The van der Waals surface area contributed by atoms with Gasteiger partial charge in [-0.25, -0.2) is 13.8 Å². The minimum atomic E-state index is 0. The molecule has 0 bridgehead atoms. The Morgan fingerprint density at radius 1 is 0.810 bits per heavy atom. The van der Waals surface area contributed by atoms with Gasteiger partial charge in [0.15, 0.2) is 5.65 Å². The number of nitrogens with zero attached hydrogens (tertiary/aromatic N) is 5. The fraction of sp³-hybridized carbons (Fsp3) is 0.118. The first kappa shape index (κ1) is 27.9. The van der Waals surface area contributed by atoms with E-state index >= 15 is 0 Å². The van der Waals surface area contributed by atoms with Crippen LogP contribution in [-0.2, 0) is 20.1 Å². The van der Waals surface area contributed by atoms with Crippen LogP contribution in [0.2, 0.25) is 0 Å². The van der Waals surface area contributed by atoms with E-state index in [-0.39, 0.29) is 20.1 Å². The van der Waals surface area contributed by atoms with Crippen molar-refractivity contribution in [3.8, 4) is 22.5 Å². The summed E-state index contributed by atoms with van der Waals surface area (Å²) in [5.41, 5.74) is 11.4. The molecule has 6 heterocycles. The Hall–Kier alpha value is -4.23. The number of fused-ring (bicyclic) bond motifs is 6. The Labute approximate surface area is 260 Å². The average molecular weight is 744 g/mol. The number of furan rings is 1. The standard InChI is InChI=1S/C22H15N4OS.C12H10N.Ir/c1-11-7-8-15-14-5-4-6-16(20(14)27-22(15)24-11)17-9-19-18(10-23-17)25-21-12(2)13(3)28-26(19)21;1-10-7-8-12(13-9-10)11-5-3-2-4-6-11;/h4-5,7-10H,1-3H3;2-5,7-9H,1H3;/q2*-1;. The molecule has 0 saturated carbocycles. The van der Waals surface area contributed by atoms with Crippen LogP contribution >= 0.6 is 11.5 Å². The molecule has 0 N–H and O–H groups in total. The van der Waals surface area contributed by atoms with Crippen LogP contribution < -0.4 is 0 Å². The number of aryl methyl sites for hydroxylation is 4. The van der Waals surface area contributed by atoms with Gasteiger partial charge >= 0.3 is 0 Å². The molecule has 209 valence electrons. The molecule has 8 heteroatoms. The minimum Gasteiger partial charge on any atom is -0.486 e. The number of rotatable bonds is 2. The van der Waals surface area contributed by atoms with Crippen LogP contribution in [0.25, 0.3) is 61.3 Å². The van der Waals surface area contributed by atoms with Crippen molar-refractivity contribution in [2.24, 2.45) is 0 Å². The molecule has 6 nitrogen and oxygen atoms in total. The van der Waals surface area contributed by atoms with E-state index in [1.165, 1.54) is 16.0 Å². The third kappa shape index (κ3) is 4.92. The van der Waals surface area contributed by atoms with Gasteiger partial charge in [-0.05, 0) is 56.8 Å². The molecule has 0 amide bonds. The molecule has 0 atom stereocenters. The van der Waals surface area contributed by atoms with Crippen molar-refractivity contribution in [1.29, 1.82) is 0 Å². The van der Waals surface area contributed by atoms with Crippen LogP contribution in [-0.4, -0.2) is 23.7 Å². The Kier molecular flexibility index (Phi) is 7.45. The molecule has 0 spiro atoms. The van der Waals surface area contributed by atoms with Gasteiger partial charge in [0.1, 0.15) is 5.52 Å². The van der Waals surface area contributed by atoms with Crippen molar-refractivity contribution in [2.45, 2.75) is 27.7 Å². The first-order valence-corrected chi connectivity index (χ1v) is 14.1. The van der Waals surface area contributed by atoms with Crippen LogP contribution in [0.15, 0.2) is 83.5 Å². The molecule has 1 radical (unpaired) electrons. The van der Waals surface area contributed by atoms with E-state index in [1.54, 1.807) is 11.5 Å². The molecule has 42 heavy (non-hydrogen) atoms. The van der Waals surface area contributed by atoms with E-state index in [2.05, 4.69) is 62.9 Å². The first-order chi connectivity index (χ1) is 20.0. The number of aromatic nitrogens is 5. The molecule has 0 fully saturated rings. The maximum atomic E-state index is 6.12. The fourth-order valence-electron chi connectivity index (χ4n) is 4.87. The monoisotopic (exact) mass is 744 g/mol. The summed E-state index contributed by atoms with van der Waals surface area (Å²) in [5, 5.41) is 2.03. The van der Waals surface area contributed by atoms with Gasteiger partial charge in [-0.2, -0.15) is 0 Å². The largest absolute Gasteiger partial charge is 0.486 e. The summed E-state index contributed by atoms with van der Waals surface area (Å²) in [6.45, 7) is 8.23. The van der Waals surface area contributed by atoms with Gasteiger partial charge in [0.05, 0.1) is 11.1 Å². The van der Waals surface area contributed by atoms with E-state index in [0.717, 1.165) is 61.2 Å². The number of benzene rings is 2. The third-order valence-electron chi connectivity index (χ3n) is 7.18. The molecule has 0 aliphatic carbocycles. The molecular weight excluding hydrogens is 719 g/mol. The summed E-state index contributed by atoms with van der Waals surface area (Å²) in [4.78, 5) is 19.5. The number of pyridine rings is 3. The van der Waals surface area contributed by atoms with Gasteiger partial charge in [0.25, 0.3) is 0 Å². The molecule has 0 aliphatic rings. The molecule has 8 rings (SSSR count). The van der Waals surface area contributed by atoms with Crippen molar-refractivity contribution in [3.05, 3.63) is 113 Å². The van der Waals surface area contributed by atoms with Gasteiger partial charge in [-0.1, -0.05) is 40.7 Å². The van der Waals surface area contributed by atoms with Crippen LogP contribution in [0.3, 0.4) is 0 Å². The zero-order chi connectivity index (χ0) is 28.1. The van der Waals surface area contributed by atoms with Gasteiger partial charge in [0, 0.05) is 54.0 Å². The Bertz CT molecular complexity index is 2200. The normalized spacial score (nSPS) is 11.1. The van der Waals surface area contributed by atoms with Crippen molar-refractivity contribution >= 4 is 50.3 Å².